The molecular weight excluding hydrogens is 441 g/mol. The van der Waals surface area contributed by atoms with Crippen molar-refractivity contribution >= 4 is 28.2 Å². The van der Waals surface area contributed by atoms with Gasteiger partial charge in [0, 0.05) is 42.4 Å². The highest BCUT2D eigenvalue weighted by molar-refractivity contribution is 6.32. The Morgan fingerprint density at radius 2 is 1.91 bits per heavy atom. The molecule has 3 aromatic rings. The molecule has 1 unspecified atom stereocenters. The Hall–Kier alpha value is -2.57. The zero-order chi connectivity index (χ0) is 22.9. The van der Waals surface area contributed by atoms with Crippen LogP contribution < -0.4 is 10.1 Å². The lowest BCUT2D eigenvalue weighted by atomic mass is 9.90. The third-order valence-corrected chi connectivity index (χ3v) is 7.35. The monoisotopic (exact) mass is 469 g/mol. The molecule has 2 aliphatic rings. The van der Waals surface area contributed by atoms with E-state index in [1.165, 1.54) is 7.11 Å². The number of benzene rings is 2. The van der Waals surface area contributed by atoms with Crippen molar-refractivity contribution < 1.29 is 14.2 Å². The van der Waals surface area contributed by atoms with Crippen LogP contribution in [0.15, 0.2) is 42.6 Å². The fraction of sp³-hybridized carbons (Fsp3) is 0.423. The highest BCUT2D eigenvalue weighted by atomic mass is 35.5. The summed E-state index contributed by atoms with van der Waals surface area (Å²) in [5.74, 6) is 0.287. The number of hydrogen-bond acceptors (Lipinski definition) is 5. The van der Waals surface area contributed by atoms with Crippen molar-refractivity contribution in [1.82, 2.24) is 9.88 Å². The molecule has 2 fully saturated rings. The minimum absolute atomic E-state index is 0.0562. The first-order valence-electron chi connectivity index (χ1n) is 11.6. The van der Waals surface area contributed by atoms with Gasteiger partial charge in [-0.15, -0.1) is 0 Å². The first-order valence-corrected chi connectivity index (χ1v) is 12.0. The van der Waals surface area contributed by atoms with Crippen molar-refractivity contribution in [2.75, 3.05) is 25.5 Å². The van der Waals surface area contributed by atoms with Gasteiger partial charge in [-0.1, -0.05) is 17.7 Å². The van der Waals surface area contributed by atoms with Gasteiger partial charge in [-0.2, -0.15) is 0 Å². The minimum atomic E-state index is -0.651. The molecule has 1 aromatic heterocycles. The molecular formula is C26H29ClFN3O2. The Bertz CT molecular complexity index is 1150. The second-order valence-corrected chi connectivity index (χ2v) is 9.54. The van der Waals surface area contributed by atoms with Gasteiger partial charge < -0.3 is 15.2 Å². The maximum Gasteiger partial charge on any atom is 0.176 e. The summed E-state index contributed by atoms with van der Waals surface area (Å²) in [4.78, 5) is 6.87. The smallest absolute Gasteiger partial charge is 0.176 e. The molecule has 1 aliphatic heterocycles. The summed E-state index contributed by atoms with van der Waals surface area (Å²) < 4.78 is 18.9. The van der Waals surface area contributed by atoms with Gasteiger partial charge in [0.2, 0.25) is 0 Å². The molecule has 0 radical (unpaired) electrons. The summed E-state index contributed by atoms with van der Waals surface area (Å²) in [6.07, 6.45) is 6.22. The number of phenolic OH excluding ortho intramolecular Hbond substituents is 1. The SMILES string of the molecule is COc1cc(-c2ccc3nccc(NC4CCC(N5CCC(F)C5)CC4)c3c2)cc(Cl)c1O. The Morgan fingerprint density at radius 3 is 2.64 bits per heavy atom. The Labute approximate surface area is 198 Å². The zero-order valence-electron chi connectivity index (χ0n) is 18.7. The number of methoxy groups -OCH3 is 1. The van der Waals surface area contributed by atoms with Crippen LogP contribution in [-0.2, 0) is 0 Å². The molecule has 1 atom stereocenters. The number of likely N-dealkylation sites (tertiary alicyclic amines) is 1. The number of ether oxygens (including phenoxy) is 1. The van der Waals surface area contributed by atoms with Crippen LogP contribution in [0.3, 0.4) is 0 Å². The van der Waals surface area contributed by atoms with Crippen LogP contribution in [-0.4, -0.2) is 53.4 Å². The maximum atomic E-state index is 13.6. The number of nitrogens with one attached hydrogen (secondary N) is 1. The molecule has 5 nitrogen and oxygen atoms in total. The van der Waals surface area contributed by atoms with Crippen molar-refractivity contribution in [3.05, 3.63) is 47.6 Å². The number of rotatable bonds is 5. The van der Waals surface area contributed by atoms with Gasteiger partial charge in [-0.05, 0) is 73.6 Å². The number of anilines is 1. The second-order valence-electron chi connectivity index (χ2n) is 9.13. The summed E-state index contributed by atoms with van der Waals surface area (Å²) in [6, 6.07) is 12.6. The van der Waals surface area contributed by atoms with Crippen molar-refractivity contribution in [3.63, 3.8) is 0 Å². The maximum absolute atomic E-state index is 13.6. The lowest BCUT2D eigenvalue weighted by molar-refractivity contribution is 0.173. The van der Waals surface area contributed by atoms with E-state index in [-0.39, 0.29) is 10.8 Å². The number of halogens is 2. The third kappa shape index (κ3) is 4.59. The molecule has 0 bridgehead atoms. The number of hydrogen-bond donors (Lipinski definition) is 2. The Balaban J connectivity index is 1.36. The van der Waals surface area contributed by atoms with Crippen molar-refractivity contribution in [2.24, 2.45) is 0 Å². The number of alkyl halides is 1. The predicted octanol–water partition coefficient (Wildman–Crippen LogP) is 6.04. The van der Waals surface area contributed by atoms with Gasteiger partial charge in [-0.25, -0.2) is 4.39 Å². The van der Waals surface area contributed by atoms with Crippen LogP contribution in [0.2, 0.25) is 5.02 Å². The largest absolute Gasteiger partial charge is 0.503 e. The molecule has 33 heavy (non-hydrogen) atoms. The van der Waals surface area contributed by atoms with E-state index in [1.54, 1.807) is 12.1 Å². The molecule has 1 saturated carbocycles. The predicted molar refractivity (Wildman–Crippen MR) is 131 cm³/mol. The molecule has 2 N–H and O–H groups in total. The molecule has 7 heteroatoms. The fourth-order valence-corrected chi connectivity index (χ4v) is 5.44. The van der Waals surface area contributed by atoms with Crippen molar-refractivity contribution in [2.45, 2.75) is 50.4 Å². The Morgan fingerprint density at radius 1 is 1.09 bits per heavy atom. The quantitative estimate of drug-likeness (QED) is 0.477. The standard InChI is InChI=1S/C26H29ClFN3O2/c1-33-25-14-17(13-22(27)26(25)32)16-2-7-23-21(12-16)24(8-10-29-23)30-19-3-5-20(6-4-19)31-11-9-18(28)15-31/h2,7-8,10,12-14,18-20,32H,3-6,9,11,15H2,1H3,(H,29,30). The van der Waals surface area contributed by atoms with Gasteiger partial charge in [0.05, 0.1) is 17.6 Å². The number of aromatic hydroxyl groups is 1. The summed E-state index contributed by atoms with van der Waals surface area (Å²) in [6.45, 7) is 1.50. The lowest BCUT2D eigenvalue weighted by Gasteiger charge is -2.35. The van der Waals surface area contributed by atoms with Crippen LogP contribution >= 0.6 is 11.6 Å². The third-order valence-electron chi connectivity index (χ3n) is 7.06. The number of fused-ring (bicyclic) bond motifs is 1. The van der Waals surface area contributed by atoms with E-state index in [1.807, 2.05) is 24.4 Å². The summed E-state index contributed by atoms with van der Waals surface area (Å²) in [5.41, 5.74) is 3.81. The highest BCUT2D eigenvalue weighted by Gasteiger charge is 2.31. The lowest BCUT2D eigenvalue weighted by Crippen LogP contribution is -2.39. The van der Waals surface area contributed by atoms with Crippen LogP contribution in [0.1, 0.15) is 32.1 Å². The average molecular weight is 470 g/mol. The van der Waals surface area contributed by atoms with E-state index in [9.17, 15) is 9.50 Å². The van der Waals surface area contributed by atoms with E-state index in [4.69, 9.17) is 16.3 Å². The number of phenols is 1. The Kier molecular flexibility index (Phi) is 6.30. The average Bonchev–Trinajstić information content (AvgIpc) is 3.27. The van der Waals surface area contributed by atoms with Crippen LogP contribution in [0.25, 0.3) is 22.0 Å². The molecule has 174 valence electrons. The van der Waals surface area contributed by atoms with E-state index in [2.05, 4.69) is 21.3 Å². The minimum Gasteiger partial charge on any atom is -0.503 e. The first-order chi connectivity index (χ1) is 16.0. The zero-order valence-corrected chi connectivity index (χ0v) is 19.5. The molecule has 0 amide bonds. The molecule has 0 spiro atoms. The van der Waals surface area contributed by atoms with Gasteiger partial charge >= 0.3 is 0 Å². The van der Waals surface area contributed by atoms with Gasteiger partial charge in [0.15, 0.2) is 11.5 Å². The summed E-state index contributed by atoms with van der Waals surface area (Å²) in [5, 5.41) is 15.1. The van der Waals surface area contributed by atoms with Crippen LogP contribution in [0.4, 0.5) is 10.1 Å². The fourth-order valence-electron chi connectivity index (χ4n) is 5.23. The molecule has 1 saturated heterocycles. The topological polar surface area (TPSA) is 57.6 Å². The summed E-state index contributed by atoms with van der Waals surface area (Å²) in [7, 11) is 1.51. The summed E-state index contributed by atoms with van der Waals surface area (Å²) >= 11 is 6.21. The van der Waals surface area contributed by atoms with E-state index in [0.717, 1.165) is 59.9 Å². The number of pyridine rings is 1. The molecule has 2 aromatic carbocycles. The van der Waals surface area contributed by atoms with E-state index >= 15 is 0 Å². The number of nitrogens with zero attached hydrogens (tertiary/aromatic N) is 2. The van der Waals surface area contributed by atoms with Crippen molar-refractivity contribution in [1.29, 1.82) is 0 Å². The first kappa shape index (κ1) is 22.2. The molecule has 2 heterocycles. The van der Waals surface area contributed by atoms with Crippen LogP contribution in [0.5, 0.6) is 11.5 Å². The normalized spacial score (nSPS) is 23.7. The second kappa shape index (κ2) is 9.35. The van der Waals surface area contributed by atoms with Gasteiger partial charge in [-0.3, -0.25) is 9.88 Å². The highest BCUT2D eigenvalue weighted by Crippen LogP contribution is 2.39. The van der Waals surface area contributed by atoms with Crippen LogP contribution in [0, 0.1) is 0 Å². The van der Waals surface area contributed by atoms with Gasteiger partial charge in [0.25, 0.3) is 0 Å². The van der Waals surface area contributed by atoms with Gasteiger partial charge in [0.1, 0.15) is 6.17 Å². The van der Waals surface area contributed by atoms with E-state index < -0.39 is 6.17 Å². The van der Waals surface area contributed by atoms with Crippen molar-refractivity contribution in [3.8, 4) is 22.6 Å². The van der Waals surface area contributed by atoms with E-state index in [0.29, 0.717) is 30.8 Å². The molecule has 5 rings (SSSR count). The number of aromatic nitrogens is 1. The molecule has 1 aliphatic carbocycles.